The summed E-state index contributed by atoms with van der Waals surface area (Å²) < 4.78 is 13.7. The Balaban J connectivity index is 2.26. The molecular formula is C20H23O5P. The number of aliphatic carboxylic acids is 2. The SMILES string of the molecule is O=C(O)CC(CC(=O)O)CP(=O)(Cc1ccccc1)Cc1ccccc1. The maximum Gasteiger partial charge on any atom is 0.303 e. The molecule has 6 heteroatoms. The number of carboxylic acids is 2. The van der Waals surface area contributed by atoms with Crippen molar-refractivity contribution in [3.63, 3.8) is 0 Å². The van der Waals surface area contributed by atoms with Crippen LogP contribution in [0, 0.1) is 5.92 Å². The molecule has 138 valence electrons. The van der Waals surface area contributed by atoms with Crippen molar-refractivity contribution < 1.29 is 24.4 Å². The van der Waals surface area contributed by atoms with Crippen LogP contribution in [-0.2, 0) is 26.5 Å². The van der Waals surface area contributed by atoms with Gasteiger partial charge in [0, 0.05) is 31.3 Å². The molecule has 2 aromatic carbocycles. The zero-order chi connectivity index (χ0) is 19.0. The summed E-state index contributed by atoms with van der Waals surface area (Å²) in [6.45, 7) is 0. The minimum atomic E-state index is -2.86. The van der Waals surface area contributed by atoms with E-state index in [0.717, 1.165) is 11.1 Å². The van der Waals surface area contributed by atoms with E-state index in [1.165, 1.54) is 0 Å². The van der Waals surface area contributed by atoms with E-state index in [-0.39, 0.29) is 19.0 Å². The van der Waals surface area contributed by atoms with Crippen LogP contribution in [0.5, 0.6) is 0 Å². The second-order valence-corrected chi connectivity index (χ2v) is 9.70. The van der Waals surface area contributed by atoms with E-state index < -0.39 is 25.0 Å². The van der Waals surface area contributed by atoms with Crippen LogP contribution in [0.1, 0.15) is 24.0 Å². The van der Waals surface area contributed by atoms with Crippen molar-refractivity contribution in [3.8, 4) is 0 Å². The van der Waals surface area contributed by atoms with Crippen LogP contribution < -0.4 is 0 Å². The molecule has 0 bridgehead atoms. The first-order valence-corrected chi connectivity index (χ1v) is 10.7. The Morgan fingerprint density at radius 3 is 1.50 bits per heavy atom. The van der Waals surface area contributed by atoms with Gasteiger partial charge in [-0.2, -0.15) is 0 Å². The van der Waals surface area contributed by atoms with E-state index in [1.807, 2.05) is 60.7 Å². The highest BCUT2D eigenvalue weighted by molar-refractivity contribution is 7.62. The zero-order valence-corrected chi connectivity index (χ0v) is 15.3. The first-order valence-electron chi connectivity index (χ1n) is 8.45. The third-order valence-electron chi connectivity index (χ3n) is 4.14. The Labute approximate surface area is 153 Å². The van der Waals surface area contributed by atoms with E-state index in [1.54, 1.807) is 0 Å². The zero-order valence-electron chi connectivity index (χ0n) is 14.5. The maximum atomic E-state index is 13.7. The van der Waals surface area contributed by atoms with Crippen LogP contribution in [0.15, 0.2) is 60.7 Å². The Morgan fingerprint density at radius 2 is 1.15 bits per heavy atom. The monoisotopic (exact) mass is 374 g/mol. The molecule has 2 aromatic rings. The van der Waals surface area contributed by atoms with Gasteiger partial charge in [-0.05, 0) is 17.0 Å². The van der Waals surface area contributed by atoms with Crippen molar-refractivity contribution in [3.05, 3.63) is 71.8 Å². The average Bonchev–Trinajstić information content (AvgIpc) is 2.55. The van der Waals surface area contributed by atoms with Gasteiger partial charge >= 0.3 is 11.9 Å². The quantitative estimate of drug-likeness (QED) is 0.605. The van der Waals surface area contributed by atoms with Crippen LogP contribution in [0.25, 0.3) is 0 Å². The van der Waals surface area contributed by atoms with E-state index in [0.29, 0.717) is 12.3 Å². The van der Waals surface area contributed by atoms with Crippen LogP contribution >= 0.6 is 7.14 Å². The van der Waals surface area contributed by atoms with Gasteiger partial charge in [-0.15, -0.1) is 0 Å². The van der Waals surface area contributed by atoms with Gasteiger partial charge in [0.15, 0.2) is 0 Å². The lowest BCUT2D eigenvalue weighted by molar-refractivity contribution is -0.140. The number of carboxylic acid groups (broad SMARTS) is 2. The highest BCUT2D eigenvalue weighted by Crippen LogP contribution is 2.54. The molecule has 0 saturated carbocycles. The summed E-state index contributed by atoms with van der Waals surface area (Å²) in [6, 6.07) is 18.8. The molecule has 0 spiro atoms. The molecule has 0 radical (unpaired) electrons. The van der Waals surface area contributed by atoms with Crippen molar-refractivity contribution in [2.45, 2.75) is 25.2 Å². The van der Waals surface area contributed by atoms with Gasteiger partial charge in [-0.3, -0.25) is 9.59 Å². The first-order chi connectivity index (χ1) is 12.4. The summed E-state index contributed by atoms with van der Waals surface area (Å²) in [7, 11) is -2.86. The smallest absolute Gasteiger partial charge is 0.303 e. The minimum Gasteiger partial charge on any atom is -0.481 e. The van der Waals surface area contributed by atoms with Crippen LogP contribution in [0.2, 0.25) is 0 Å². The number of rotatable bonds is 10. The molecule has 0 aromatic heterocycles. The normalized spacial score (nSPS) is 11.4. The molecule has 0 aliphatic rings. The van der Waals surface area contributed by atoms with E-state index >= 15 is 0 Å². The molecule has 5 nitrogen and oxygen atoms in total. The summed E-state index contributed by atoms with van der Waals surface area (Å²) in [4.78, 5) is 22.2. The number of benzene rings is 2. The Bertz CT molecular complexity index is 712. The standard InChI is InChI=1S/C20H23O5P/c21-19(22)11-18(12-20(23)24)15-26(25,13-16-7-3-1-4-8-16)14-17-9-5-2-6-10-17/h1-10,18H,11-15H2,(H,21,22)(H,23,24). The van der Waals surface area contributed by atoms with Crippen LogP contribution in [-0.4, -0.2) is 28.3 Å². The summed E-state index contributed by atoms with van der Waals surface area (Å²) in [5, 5.41) is 18.2. The highest BCUT2D eigenvalue weighted by atomic mass is 31.2. The van der Waals surface area contributed by atoms with Gasteiger partial charge in [0.1, 0.15) is 0 Å². The average molecular weight is 374 g/mol. The van der Waals surface area contributed by atoms with E-state index in [2.05, 4.69) is 0 Å². The Morgan fingerprint density at radius 1 is 0.769 bits per heavy atom. The third kappa shape index (κ3) is 6.85. The number of hydrogen-bond donors (Lipinski definition) is 2. The molecule has 0 amide bonds. The molecule has 0 aliphatic heterocycles. The molecule has 2 rings (SSSR count). The van der Waals surface area contributed by atoms with Crippen LogP contribution in [0.4, 0.5) is 0 Å². The second-order valence-electron chi connectivity index (χ2n) is 6.59. The number of hydrogen-bond acceptors (Lipinski definition) is 3. The van der Waals surface area contributed by atoms with Crippen molar-refractivity contribution in [1.29, 1.82) is 0 Å². The summed E-state index contributed by atoms with van der Waals surface area (Å²) in [5.74, 6) is -2.78. The fourth-order valence-corrected chi connectivity index (χ4v) is 6.50. The topological polar surface area (TPSA) is 91.7 Å². The molecule has 26 heavy (non-hydrogen) atoms. The predicted octanol–water partition coefficient (Wildman–Crippen LogP) is 4.32. The lowest BCUT2D eigenvalue weighted by atomic mass is 10.0. The molecule has 0 aliphatic carbocycles. The fourth-order valence-electron chi connectivity index (χ4n) is 3.18. The van der Waals surface area contributed by atoms with Gasteiger partial charge in [0.2, 0.25) is 0 Å². The van der Waals surface area contributed by atoms with E-state index in [9.17, 15) is 14.2 Å². The second kappa shape index (κ2) is 9.35. The lowest BCUT2D eigenvalue weighted by Gasteiger charge is -2.23. The molecule has 0 fully saturated rings. The van der Waals surface area contributed by atoms with Crippen molar-refractivity contribution in [1.82, 2.24) is 0 Å². The molecule has 0 saturated heterocycles. The number of carbonyl (C=O) groups is 2. The summed E-state index contributed by atoms with van der Waals surface area (Å²) in [5.41, 5.74) is 1.83. The predicted molar refractivity (Wildman–Crippen MR) is 101 cm³/mol. The first kappa shape index (κ1) is 19.9. The molecule has 2 N–H and O–H groups in total. The van der Waals surface area contributed by atoms with Crippen molar-refractivity contribution >= 4 is 19.1 Å². The fraction of sp³-hybridized carbons (Fsp3) is 0.300. The summed E-state index contributed by atoms with van der Waals surface area (Å²) >= 11 is 0. The highest BCUT2D eigenvalue weighted by Gasteiger charge is 2.30. The Hall–Kier alpha value is -2.39. The minimum absolute atomic E-state index is 0.107. The molecule has 0 atom stereocenters. The molecule has 0 heterocycles. The Kier molecular flexibility index (Phi) is 7.16. The van der Waals surface area contributed by atoms with Gasteiger partial charge < -0.3 is 14.8 Å². The lowest BCUT2D eigenvalue weighted by Crippen LogP contribution is -2.17. The van der Waals surface area contributed by atoms with Gasteiger partial charge in [0.05, 0.1) is 7.14 Å². The van der Waals surface area contributed by atoms with Gasteiger partial charge in [0.25, 0.3) is 0 Å². The van der Waals surface area contributed by atoms with Gasteiger partial charge in [-0.1, -0.05) is 60.7 Å². The van der Waals surface area contributed by atoms with Crippen LogP contribution in [0.3, 0.4) is 0 Å². The summed E-state index contributed by atoms with van der Waals surface area (Å²) in [6.07, 6.45) is 0.187. The van der Waals surface area contributed by atoms with Crippen molar-refractivity contribution in [2.24, 2.45) is 5.92 Å². The maximum absolute atomic E-state index is 13.7. The molecular weight excluding hydrogens is 351 g/mol. The largest absolute Gasteiger partial charge is 0.481 e. The van der Waals surface area contributed by atoms with Gasteiger partial charge in [-0.25, -0.2) is 0 Å². The van der Waals surface area contributed by atoms with Crippen molar-refractivity contribution in [2.75, 3.05) is 6.16 Å². The van der Waals surface area contributed by atoms with E-state index in [4.69, 9.17) is 10.2 Å². The third-order valence-corrected chi connectivity index (χ3v) is 7.21. The molecule has 0 unspecified atom stereocenters.